The number of ether oxygens (including phenoxy) is 2. The molecular weight excluding hydrogens is 441 g/mol. The van der Waals surface area contributed by atoms with Gasteiger partial charge in [-0.25, -0.2) is 4.39 Å². The van der Waals surface area contributed by atoms with E-state index >= 15 is 0 Å². The number of benzene rings is 2. The molecule has 9 heteroatoms. The fourth-order valence-corrected chi connectivity index (χ4v) is 2.65. The molecular formula is C25H32FN3O5. The van der Waals surface area contributed by atoms with E-state index in [0.29, 0.717) is 29.4 Å². The summed E-state index contributed by atoms with van der Waals surface area (Å²) in [5.74, 6) is -2.07. The van der Waals surface area contributed by atoms with Crippen LogP contribution < -0.4 is 15.4 Å². The SMILES string of the molecule is C=C(Nc1ccc(NC(=O)CC(=O)O)cc1)c1c(F)cc(OCCOC)cc1N=CC.CCC. The Morgan fingerprint density at radius 3 is 2.24 bits per heavy atom. The monoisotopic (exact) mass is 473 g/mol. The molecule has 8 nitrogen and oxygen atoms in total. The molecule has 0 bridgehead atoms. The predicted molar refractivity (Wildman–Crippen MR) is 134 cm³/mol. The molecule has 0 atom stereocenters. The molecule has 0 spiro atoms. The second-order valence-corrected chi connectivity index (χ2v) is 7.03. The van der Waals surface area contributed by atoms with Crippen LogP contribution in [0.2, 0.25) is 0 Å². The van der Waals surface area contributed by atoms with Crippen LogP contribution in [-0.2, 0) is 14.3 Å². The molecule has 0 aliphatic rings. The summed E-state index contributed by atoms with van der Waals surface area (Å²) in [6, 6.07) is 9.33. The van der Waals surface area contributed by atoms with Gasteiger partial charge in [0, 0.05) is 42.5 Å². The van der Waals surface area contributed by atoms with Crippen LogP contribution in [0.15, 0.2) is 48.0 Å². The van der Waals surface area contributed by atoms with E-state index < -0.39 is 24.1 Å². The van der Waals surface area contributed by atoms with E-state index in [4.69, 9.17) is 14.6 Å². The highest BCUT2D eigenvalue weighted by atomic mass is 19.1. The highest BCUT2D eigenvalue weighted by molar-refractivity contribution is 6.01. The quantitative estimate of drug-likeness (QED) is 0.226. The van der Waals surface area contributed by atoms with Gasteiger partial charge < -0.3 is 25.2 Å². The minimum Gasteiger partial charge on any atom is -0.491 e. The van der Waals surface area contributed by atoms with E-state index in [-0.39, 0.29) is 17.9 Å². The number of aliphatic carboxylic acids is 1. The second kappa shape index (κ2) is 15.2. The average Bonchev–Trinajstić information content (AvgIpc) is 2.75. The standard InChI is InChI=1S/C22H24FN3O5.C3H8/c1-4-24-19-12-17(31-10-9-30-3)11-18(23)22(19)14(2)25-15-5-7-16(8-6-15)26-20(27)13-21(28)29;1-3-2/h4-8,11-12,25H,2,9-10,13H2,1,3H3,(H,26,27)(H,28,29);3H2,1-2H3. The zero-order valence-electron chi connectivity index (χ0n) is 20.0. The lowest BCUT2D eigenvalue weighted by molar-refractivity contribution is -0.139. The largest absolute Gasteiger partial charge is 0.491 e. The third-order valence-corrected chi connectivity index (χ3v) is 3.94. The van der Waals surface area contributed by atoms with Crippen LogP contribution >= 0.6 is 0 Å². The summed E-state index contributed by atoms with van der Waals surface area (Å²) in [4.78, 5) is 26.3. The fourth-order valence-electron chi connectivity index (χ4n) is 2.65. The number of methoxy groups -OCH3 is 1. The van der Waals surface area contributed by atoms with Crippen LogP contribution in [0.4, 0.5) is 21.5 Å². The molecule has 0 heterocycles. The summed E-state index contributed by atoms with van der Waals surface area (Å²) < 4.78 is 25.2. The van der Waals surface area contributed by atoms with Crippen molar-refractivity contribution in [2.24, 2.45) is 4.99 Å². The number of carbonyl (C=O) groups excluding carboxylic acids is 1. The summed E-state index contributed by atoms with van der Waals surface area (Å²) in [7, 11) is 1.55. The number of halogens is 1. The maximum absolute atomic E-state index is 14.8. The molecule has 0 saturated carbocycles. The molecule has 0 aromatic heterocycles. The van der Waals surface area contributed by atoms with Gasteiger partial charge in [-0.3, -0.25) is 14.6 Å². The zero-order chi connectivity index (χ0) is 25.5. The number of aliphatic imine (C=N–C) groups is 1. The second-order valence-electron chi connectivity index (χ2n) is 7.03. The number of hydrogen-bond donors (Lipinski definition) is 3. The van der Waals surface area contributed by atoms with Crippen molar-refractivity contribution in [1.29, 1.82) is 0 Å². The summed E-state index contributed by atoms with van der Waals surface area (Å²) in [6.45, 7) is 10.5. The van der Waals surface area contributed by atoms with E-state index in [1.54, 1.807) is 50.6 Å². The number of rotatable bonds is 11. The highest BCUT2D eigenvalue weighted by Crippen LogP contribution is 2.33. The molecule has 2 aromatic carbocycles. The van der Waals surface area contributed by atoms with Crippen molar-refractivity contribution in [3.8, 4) is 5.75 Å². The molecule has 2 aromatic rings. The van der Waals surface area contributed by atoms with Gasteiger partial charge in [0.2, 0.25) is 5.91 Å². The first kappa shape index (κ1) is 28.3. The number of carboxylic acid groups (broad SMARTS) is 1. The molecule has 0 aliphatic heterocycles. The Kier molecular flexibility index (Phi) is 12.6. The molecule has 0 saturated heterocycles. The lowest BCUT2D eigenvalue weighted by Gasteiger charge is -2.15. The molecule has 34 heavy (non-hydrogen) atoms. The van der Waals surface area contributed by atoms with Gasteiger partial charge in [0.05, 0.1) is 17.9 Å². The van der Waals surface area contributed by atoms with E-state index in [1.807, 2.05) is 0 Å². The Labute approximate surface area is 199 Å². The first-order chi connectivity index (χ1) is 16.2. The van der Waals surface area contributed by atoms with Gasteiger partial charge in [-0.05, 0) is 31.2 Å². The van der Waals surface area contributed by atoms with Crippen molar-refractivity contribution in [3.63, 3.8) is 0 Å². The van der Waals surface area contributed by atoms with Gasteiger partial charge in [-0.2, -0.15) is 0 Å². The van der Waals surface area contributed by atoms with Crippen LogP contribution in [0.25, 0.3) is 5.70 Å². The molecule has 3 N–H and O–H groups in total. The Morgan fingerprint density at radius 2 is 1.71 bits per heavy atom. The molecule has 0 fully saturated rings. The Bertz CT molecular complexity index is 991. The van der Waals surface area contributed by atoms with Crippen molar-refractivity contribution in [2.45, 2.75) is 33.6 Å². The van der Waals surface area contributed by atoms with E-state index in [0.717, 1.165) is 0 Å². The lowest BCUT2D eigenvalue weighted by atomic mass is 10.1. The number of hydrogen-bond acceptors (Lipinski definition) is 6. The Balaban J connectivity index is 0.00000182. The Morgan fingerprint density at radius 1 is 1.12 bits per heavy atom. The van der Waals surface area contributed by atoms with Crippen molar-refractivity contribution in [3.05, 3.63) is 54.4 Å². The first-order valence-electron chi connectivity index (χ1n) is 10.8. The summed E-state index contributed by atoms with van der Waals surface area (Å²) in [5.41, 5.74) is 1.85. The van der Waals surface area contributed by atoms with Gasteiger partial charge in [-0.15, -0.1) is 0 Å². The minimum absolute atomic E-state index is 0.191. The maximum Gasteiger partial charge on any atom is 0.312 e. The summed E-state index contributed by atoms with van der Waals surface area (Å²) >= 11 is 0. The van der Waals surface area contributed by atoms with Gasteiger partial charge in [-0.1, -0.05) is 26.8 Å². The number of amides is 1. The lowest BCUT2D eigenvalue weighted by Crippen LogP contribution is -2.15. The summed E-state index contributed by atoms with van der Waals surface area (Å²) in [6.07, 6.45) is 2.17. The van der Waals surface area contributed by atoms with Crippen LogP contribution in [0.3, 0.4) is 0 Å². The maximum atomic E-state index is 14.8. The van der Waals surface area contributed by atoms with Crippen LogP contribution in [-0.4, -0.2) is 43.5 Å². The fraction of sp³-hybridized carbons (Fsp3) is 0.320. The normalized spacial score (nSPS) is 10.3. The van der Waals surface area contributed by atoms with Gasteiger partial charge in [0.25, 0.3) is 0 Å². The predicted octanol–water partition coefficient (Wildman–Crippen LogP) is 5.49. The topological polar surface area (TPSA) is 109 Å². The third kappa shape index (κ3) is 9.83. The van der Waals surface area contributed by atoms with Crippen LogP contribution in [0, 0.1) is 5.82 Å². The van der Waals surface area contributed by atoms with Gasteiger partial charge in [0.1, 0.15) is 24.6 Å². The van der Waals surface area contributed by atoms with Crippen molar-refractivity contribution < 1.29 is 28.6 Å². The number of nitrogens with zero attached hydrogens (tertiary/aromatic N) is 1. The van der Waals surface area contributed by atoms with E-state index in [2.05, 4.69) is 36.1 Å². The number of carbonyl (C=O) groups is 2. The first-order valence-corrected chi connectivity index (χ1v) is 10.8. The number of nitrogens with one attached hydrogen (secondary N) is 2. The zero-order valence-corrected chi connectivity index (χ0v) is 20.0. The van der Waals surface area contributed by atoms with Gasteiger partial charge >= 0.3 is 5.97 Å². The molecule has 184 valence electrons. The Hall–Kier alpha value is -3.72. The molecule has 0 radical (unpaired) electrons. The number of carboxylic acids is 1. The van der Waals surface area contributed by atoms with Crippen molar-refractivity contribution in [2.75, 3.05) is 31.0 Å². The molecule has 1 amide bonds. The van der Waals surface area contributed by atoms with E-state index in [1.165, 1.54) is 12.5 Å². The number of anilines is 2. The smallest absolute Gasteiger partial charge is 0.312 e. The van der Waals surface area contributed by atoms with E-state index in [9.17, 15) is 14.0 Å². The highest BCUT2D eigenvalue weighted by Gasteiger charge is 2.15. The van der Waals surface area contributed by atoms with Crippen molar-refractivity contribution in [1.82, 2.24) is 0 Å². The van der Waals surface area contributed by atoms with Crippen LogP contribution in [0.1, 0.15) is 39.2 Å². The minimum atomic E-state index is -1.21. The van der Waals surface area contributed by atoms with Gasteiger partial charge in [0.15, 0.2) is 0 Å². The molecule has 0 aliphatic carbocycles. The molecule has 0 unspecified atom stereocenters. The third-order valence-electron chi connectivity index (χ3n) is 3.94. The van der Waals surface area contributed by atoms with Crippen LogP contribution in [0.5, 0.6) is 5.75 Å². The molecule has 2 rings (SSSR count). The van der Waals surface area contributed by atoms with Crippen molar-refractivity contribution >= 4 is 40.9 Å². The average molecular weight is 474 g/mol. The summed E-state index contributed by atoms with van der Waals surface area (Å²) in [5, 5.41) is 14.1.